The minimum absolute atomic E-state index is 0. The van der Waals surface area contributed by atoms with E-state index in [-0.39, 0.29) is 24.8 Å². The molecule has 0 unspecified atom stereocenters. The summed E-state index contributed by atoms with van der Waals surface area (Å²) < 4.78 is 10.9. The quantitative estimate of drug-likeness (QED) is 0.922. The van der Waals surface area contributed by atoms with E-state index in [2.05, 4.69) is 28.4 Å². The van der Waals surface area contributed by atoms with E-state index in [0.29, 0.717) is 12.8 Å². The van der Waals surface area contributed by atoms with Crippen molar-refractivity contribution in [2.75, 3.05) is 33.0 Å². The molecule has 1 saturated carbocycles. The van der Waals surface area contributed by atoms with Crippen molar-refractivity contribution >= 4 is 24.8 Å². The van der Waals surface area contributed by atoms with Crippen molar-refractivity contribution < 1.29 is 9.47 Å². The third-order valence-corrected chi connectivity index (χ3v) is 4.35. The van der Waals surface area contributed by atoms with Crippen LogP contribution in [0.3, 0.4) is 0 Å². The molecule has 3 aliphatic rings. The fourth-order valence-corrected chi connectivity index (χ4v) is 3.25. The Morgan fingerprint density at radius 3 is 2.48 bits per heavy atom. The molecule has 4 nitrogen and oxygen atoms in total. The monoisotopic (exact) mass is 332 g/mol. The molecule has 0 spiro atoms. The smallest absolute Gasteiger partial charge is 0.231 e. The molecule has 1 aromatic carbocycles. The van der Waals surface area contributed by atoms with E-state index in [9.17, 15) is 0 Å². The first kappa shape index (κ1) is 16.7. The normalized spacial score (nSPS) is 22.1. The molecule has 1 aliphatic carbocycles. The van der Waals surface area contributed by atoms with Gasteiger partial charge in [0, 0.05) is 32.2 Å². The number of fused-ring (bicyclic) bond motifs is 1. The number of rotatable bonds is 3. The molecule has 0 aromatic heterocycles. The topological polar surface area (TPSA) is 33.7 Å². The molecule has 6 heteroatoms. The average Bonchev–Trinajstić information content (AvgIpc) is 3.17. The summed E-state index contributed by atoms with van der Waals surface area (Å²) in [6, 6.07) is 7.04. The summed E-state index contributed by atoms with van der Waals surface area (Å²) in [5, 5.41) is 3.44. The lowest BCUT2D eigenvalue weighted by Gasteiger charge is -2.35. The van der Waals surface area contributed by atoms with Crippen LogP contribution in [0.4, 0.5) is 0 Å². The Labute approximate surface area is 138 Å². The summed E-state index contributed by atoms with van der Waals surface area (Å²) >= 11 is 0. The average molecular weight is 333 g/mol. The molecule has 0 bridgehead atoms. The van der Waals surface area contributed by atoms with E-state index in [1.807, 2.05) is 0 Å². The second-order valence-corrected chi connectivity index (χ2v) is 5.68. The second-order valence-electron chi connectivity index (χ2n) is 5.68. The van der Waals surface area contributed by atoms with Gasteiger partial charge in [-0.05, 0) is 36.5 Å². The first-order chi connectivity index (χ1) is 9.42. The zero-order valence-corrected chi connectivity index (χ0v) is 13.5. The predicted octanol–water partition coefficient (Wildman–Crippen LogP) is 2.62. The van der Waals surface area contributed by atoms with Crippen molar-refractivity contribution in [3.8, 4) is 11.5 Å². The maximum absolute atomic E-state index is 5.52. The molecule has 21 heavy (non-hydrogen) atoms. The number of piperazine rings is 1. The number of hydrogen-bond acceptors (Lipinski definition) is 4. The van der Waals surface area contributed by atoms with Crippen LogP contribution in [0.15, 0.2) is 18.2 Å². The van der Waals surface area contributed by atoms with Crippen LogP contribution >= 0.6 is 24.8 Å². The summed E-state index contributed by atoms with van der Waals surface area (Å²) in [5.41, 5.74) is 1.40. The van der Waals surface area contributed by atoms with Crippen LogP contribution in [0.2, 0.25) is 0 Å². The van der Waals surface area contributed by atoms with E-state index in [1.165, 1.54) is 18.4 Å². The number of nitrogens with zero attached hydrogens (tertiary/aromatic N) is 1. The van der Waals surface area contributed by atoms with E-state index >= 15 is 0 Å². The van der Waals surface area contributed by atoms with Gasteiger partial charge in [-0.2, -0.15) is 0 Å². The van der Waals surface area contributed by atoms with Gasteiger partial charge >= 0.3 is 0 Å². The van der Waals surface area contributed by atoms with Gasteiger partial charge in [0.05, 0.1) is 0 Å². The fraction of sp³-hybridized carbons (Fsp3) is 0.600. The van der Waals surface area contributed by atoms with Crippen molar-refractivity contribution in [2.24, 2.45) is 5.92 Å². The first-order valence-corrected chi connectivity index (χ1v) is 7.26. The molecule has 2 fully saturated rings. The van der Waals surface area contributed by atoms with Crippen LogP contribution in [0.1, 0.15) is 24.4 Å². The van der Waals surface area contributed by atoms with Crippen LogP contribution in [-0.4, -0.2) is 37.9 Å². The summed E-state index contributed by atoms with van der Waals surface area (Å²) in [6.07, 6.45) is 2.73. The molecule has 0 radical (unpaired) electrons. The molecule has 2 aliphatic heterocycles. The molecule has 1 saturated heterocycles. The number of nitrogens with one attached hydrogen (secondary N) is 1. The predicted molar refractivity (Wildman–Crippen MR) is 87.0 cm³/mol. The van der Waals surface area contributed by atoms with Crippen molar-refractivity contribution in [1.82, 2.24) is 10.2 Å². The van der Waals surface area contributed by atoms with Crippen molar-refractivity contribution in [1.29, 1.82) is 0 Å². The number of hydrogen-bond donors (Lipinski definition) is 1. The van der Waals surface area contributed by atoms with Gasteiger partial charge in [0.2, 0.25) is 6.79 Å². The van der Waals surface area contributed by atoms with Gasteiger partial charge in [0.1, 0.15) is 0 Å². The molecule has 118 valence electrons. The van der Waals surface area contributed by atoms with Crippen molar-refractivity contribution in [2.45, 2.75) is 18.9 Å². The third kappa shape index (κ3) is 3.39. The zero-order chi connectivity index (χ0) is 12.7. The van der Waals surface area contributed by atoms with Gasteiger partial charge in [0.25, 0.3) is 0 Å². The van der Waals surface area contributed by atoms with Crippen LogP contribution in [0, 0.1) is 5.92 Å². The maximum atomic E-state index is 5.52. The molecular weight excluding hydrogens is 311 g/mol. The highest BCUT2D eigenvalue weighted by atomic mass is 35.5. The number of benzene rings is 1. The molecule has 1 aromatic rings. The molecule has 4 rings (SSSR count). The summed E-state index contributed by atoms with van der Waals surface area (Å²) in [7, 11) is 0. The Bertz CT molecular complexity index is 477. The Kier molecular flexibility index (Phi) is 5.60. The van der Waals surface area contributed by atoms with Gasteiger partial charge in [-0.1, -0.05) is 6.07 Å². The summed E-state index contributed by atoms with van der Waals surface area (Å²) in [5.74, 6) is 2.63. The first-order valence-electron chi connectivity index (χ1n) is 7.26. The second kappa shape index (κ2) is 7.05. The van der Waals surface area contributed by atoms with Gasteiger partial charge in [-0.3, -0.25) is 4.90 Å². The highest BCUT2D eigenvalue weighted by Crippen LogP contribution is 2.46. The van der Waals surface area contributed by atoms with Crippen LogP contribution in [0.5, 0.6) is 11.5 Å². The molecule has 1 N–H and O–H groups in total. The fourth-order valence-electron chi connectivity index (χ4n) is 3.25. The Morgan fingerprint density at radius 1 is 1.05 bits per heavy atom. The minimum Gasteiger partial charge on any atom is -0.454 e. The SMILES string of the molecule is Cl.Cl.c1cc2c(cc1[C@H](C1CC1)N1CCNCC1)OCO2. The van der Waals surface area contributed by atoms with E-state index < -0.39 is 0 Å². The van der Waals surface area contributed by atoms with Crippen molar-refractivity contribution in [3.63, 3.8) is 0 Å². The minimum atomic E-state index is 0. The Balaban J connectivity index is 0.000000807. The number of ether oxygens (including phenoxy) is 2. The summed E-state index contributed by atoms with van der Waals surface area (Å²) in [4.78, 5) is 2.63. The highest BCUT2D eigenvalue weighted by Gasteiger charge is 2.37. The van der Waals surface area contributed by atoms with Gasteiger partial charge in [-0.25, -0.2) is 0 Å². The molecular formula is C15H22Cl2N2O2. The zero-order valence-electron chi connectivity index (χ0n) is 11.9. The lowest BCUT2D eigenvalue weighted by molar-refractivity contribution is 0.155. The van der Waals surface area contributed by atoms with Crippen LogP contribution in [-0.2, 0) is 0 Å². The van der Waals surface area contributed by atoms with Gasteiger partial charge in [-0.15, -0.1) is 24.8 Å². The molecule has 2 heterocycles. The number of halogens is 2. The van der Waals surface area contributed by atoms with Gasteiger partial charge < -0.3 is 14.8 Å². The Hall–Kier alpha value is -0.680. The standard InChI is InChI=1S/C15H20N2O2.2ClH/c1-2-11(1)15(17-7-5-16-6-8-17)12-3-4-13-14(9-12)19-10-18-13;;/h3-4,9,11,15-16H,1-2,5-8,10H2;2*1H/t15-;;/m0../s1. The molecule has 1 atom stereocenters. The van der Waals surface area contributed by atoms with E-state index in [4.69, 9.17) is 9.47 Å². The third-order valence-electron chi connectivity index (χ3n) is 4.35. The van der Waals surface area contributed by atoms with Gasteiger partial charge in [0.15, 0.2) is 11.5 Å². The largest absolute Gasteiger partial charge is 0.454 e. The molecule has 0 amide bonds. The lowest BCUT2D eigenvalue weighted by atomic mass is 9.99. The maximum Gasteiger partial charge on any atom is 0.231 e. The van der Waals surface area contributed by atoms with E-state index in [0.717, 1.165) is 43.6 Å². The lowest BCUT2D eigenvalue weighted by Crippen LogP contribution is -2.45. The summed E-state index contributed by atoms with van der Waals surface area (Å²) in [6.45, 7) is 4.87. The highest BCUT2D eigenvalue weighted by molar-refractivity contribution is 5.85. The van der Waals surface area contributed by atoms with Crippen LogP contribution in [0.25, 0.3) is 0 Å². The Morgan fingerprint density at radius 2 is 1.76 bits per heavy atom. The van der Waals surface area contributed by atoms with Crippen molar-refractivity contribution in [3.05, 3.63) is 23.8 Å². The van der Waals surface area contributed by atoms with Crippen LogP contribution < -0.4 is 14.8 Å². The van der Waals surface area contributed by atoms with E-state index in [1.54, 1.807) is 0 Å².